The highest BCUT2D eigenvalue weighted by molar-refractivity contribution is 5.81. The molecule has 0 aromatic heterocycles. The van der Waals surface area contributed by atoms with E-state index in [4.69, 9.17) is 0 Å². The molecule has 1 amide bonds. The Morgan fingerprint density at radius 3 is 2.65 bits per heavy atom. The molecule has 2 unspecified atom stereocenters. The lowest BCUT2D eigenvalue weighted by atomic mass is 9.87. The molecule has 2 N–H and O–H groups in total. The summed E-state index contributed by atoms with van der Waals surface area (Å²) in [7, 11) is 1.72. The lowest BCUT2D eigenvalue weighted by Gasteiger charge is -2.30. The normalized spacial score (nSPS) is 19.5. The number of carbonyl (C=O) groups excluding carboxylic acids is 1. The predicted molar refractivity (Wildman–Crippen MR) is 82.7 cm³/mol. The second-order valence-corrected chi connectivity index (χ2v) is 6.17. The molecule has 0 fully saturated rings. The summed E-state index contributed by atoms with van der Waals surface area (Å²) in [6, 6.07) is 8.97. The van der Waals surface area contributed by atoms with Crippen molar-refractivity contribution in [3.63, 3.8) is 0 Å². The van der Waals surface area contributed by atoms with E-state index in [9.17, 15) is 4.79 Å². The SMILES string of the molecule is CNC(=O)C(CC(C)C)NC1CCc2ccccc2C1. The standard InChI is InChI=1S/C17H26N2O/c1-12(2)10-16(17(20)18-3)19-15-9-8-13-6-4-5-7-14(13)11-15/h4-7,12,15-16,19H,8-11H2,1-3H3,(H,18,20). The average molecular weight is 274 g/mol. The Morgan fingerprint density at radius 1 is 1.30 bits per heavy atom. The van der Waals surface area contributed by atoms with Gasteiger partial charge in [0.1, 0.15) is 0 Å². The summed E-state index contributed by atoms with van der Waals surface area (Å²) in [5, 5.41) is 6.34. The summed E-state index contributed by atoms with van der Waals surface area (Å²) in [5.41, 5.74) is 2.89. The number of rotatable bonds is 5. The third-order valence-electron chi connectivity index (χ3n) is 4.05. The van der Waals surface area contributed by atoms with Crippen LogP contribution in [0.4, 0.5) is 0 Å². The second-order valence-electron chi connectivity index (χ2n) is 6.17. The van der Waals surface area contributed by atoms with E-state index < -0.39 is 0 Å². The largest absolute Gasteiger partial charge is 0.358 e. The number of hydrogen-bond acceptors (Lipinski definition) is 2. The minimum absolute atomic E-state index is 0.0738. The van der Waals surface area contributed by atoms with Gasteiger partial charge in [-0.2, -0.15) is 0 Å². The Bertz CT molecular complexity index is 456. The maximum Gasteiger partial charge on any atom is 0.236 e. The van der Waals surface area contributed by atoms with Crippen LogP contribution in [0.5, 0.6) is 0 Å². The van der Waals surface area contributed by atoms with Crippen molar-refractivity contribution in [1.82, 2.24) is 10.6 Å². The molecule has 0 bridgehead atoms. The molecule has 3 nitrogen and oxygen atoms in total. The average Bonchev–Trinajstić information content (AvgIpc) is 2.45. The van der Waals surface area contributed by atoms with Crippen molar-refractivity contribution in [2.24, 2.45) is 5.92 Å². The Kier molecular flexibility index (Phi) is 5.18. The topological polar surface area (TPSA) is 41.1 Å². The van der Waals surface area contributed by atoms with Crippen LogP contribution < -0.4 is 10.6 Å². The summed E-state index contributed by atoms with van der Waals surface area (Å²) in [5.74, 6) is 0.623. The number of aryl methyl sites for hydroxylation is 1. The zero-order valence-corrected chi connectivity index (χ0v) is 12.8. The number of carbonyl (C=O) groups is 1. The second kappa shape index (κ2) is 6.89. The first-order valence-corrected chi connectivity index (χ1v) is 7.64. The van der Waals surface area contributed by atoms with Crippen LogP contribution in [-0.2, 0) is 17.6 Å². The fourth-order valence-corrected chi connectivity index (χ4v) is 3.02. The molecule has 0 spiro atoms. The van der Waals surface area contributed by atoms with E-state index in [0.717, 1.165) is 25.7 Å². The van der Waals surface area contributed by atoms with Crippen molar-refractivity contribution >= 4 is 5.91 Å². The molecule has 0 saturated heterocycles. The summed E-state index contributed by atoms with van der Waals surface area (Å²) < 4.78 is 0. The van der Waals surface area contributed by atoms with Crippen molar-refractivity contribution in [2.45, 2.75) is 51.6 Å². The molecule has 0 saturated carbocycles. The van der Waals surface area contributed by atoms with E-state index in [0.29, 0.717) is 12.0 Å². The molecule has 2 atom stereocenters. The molecular weight excluding hydrogens is 248 g/mol. The molecule has 0 aliphatic heterocycles. The predicted octanol–water partition coefficient (Wildman–Crippen LogP) is 2.29. The van der Waals surface area contributed by atoms with Crippen LogP contribution in [0.3, 0.4) is 0 Å². The highest BCUT2D eigenvalue weighted by Crippen LogP contribution is 2.22. The summed E-state index contributed by atoms with van der Waals surface area (Å²) in [6.07, 6.45) is 4.14. The van der Waals surface area contributed by atoms with Crippen molar-refractivity contribution in [3.05, 3.63) is 35.4 Å². The number of likely N-dealkylation sites (N-methyl/N-ethyl adjacent to an activating group) is 1. The van der Waals surface area contributed by atoms with Crippen LogP contribution in [0.25, 0.3) is 0 Å². The maximum atomic E-state index is 12.0. The van der Waals surface area contributed by atoms with Gasteiger partial charge in [0, 0.05) is 13.1 Å². The fraction of sp³-hybridized carbons (Fsp3) is 0.588. The Morgan fingerprint density at radius 2 is 2.00 bits per heavy atom. The van der Waals surface area contributed by atoms with E-state index in [1.54, 1.807) is 7.05 Å². The molecule has 1 aromatic rings. The number of benzene rings is 1. The fourth-order valence-electron chi connectivity index (χ4n) is 3.02. The van der Waals surface area contributed by atoms with Gasteiger partial charge in [-0.15, -0.1) is 0 Å². The smallest absolute Gasteiger partial charge is 0.236 e. The summed E-state index contributed by atoms with van der Waals surface area (Å²) in [4.78, 5) is 12.0. The van der Waals surface area contributed by atoms with Gasteiger partial charge in [-0.1, -0.05) is 38.1 Å². The summed E-state index contributed by atoms with van der Waals surface area (Å²) in [6.45, 7) is 4.32. The van der Waals surface area contributed by atoms with Gasteiger partial charge in [-0.05, 0) is 42.7 Å². The monoisotopic (exact) mass is 274 g/mol. The molecule has 110 valence electrons. The van der Waals surface area contributed by atoms with E-state index in [1.165, 1.54) is 11.1 Å². The van der Waals surface area contributed by atoms with Gasteiger partial charge in [-0.3, -0.25) is 4.79 Å². The Labute approximate surface area is 122 Å². The minimum atomic E-state index is -0.0738. The van der Waals surface area contributed by atoms with Crippen molar-refractivity contribution < 1.29 is 4.79 Å². The Hall–Kier alpha value is -1.35. The zero-order valence-electron chi connectivity index (χ0n) is 12.8. The molecular formula is C17H26N2O. The number of amides is 1. The third-order valence-corrected chi connectivity index (χ3v) is 4.05. The highest BCUT2D eigenvalue weighted by Gasteiger charge is 2.25. The van der Waals surface area contributed by atoms with Gasteiger partial charge in [0.2, 0.25) is 5.91 Å². The van der Waals surface area contributed by atoms with Gasteiger partial charge in [0.15, 0.2) is 0 Å². The van der Waals surface area contributed by atoms with Gasteiger partial charge in [-0.25, -0.2) is 0 Å². The first-order chi connectivity index (χ1) is 9.60. The van der Waals surface area contributed by atoms with Crippen molar-refractivity contribution in [3.8, 4) is 0 Å². The lowest BCUT2D eigenvalue weighted by Crippen LogP contribution is -2.49. The molecule has 2 rings (SSSR count). The highest BCUT2D eigenvalue weighted by atomic mass is 16.2. The van der Waals surface area contributed by atoms with E-state index in [-0.39, 0.29) is 11.9 Å². The van der Waals surface area contributed by atoms with E-state index in [2.05, 4.69) is 48.7 Å². The van der Waals surface area contributed by atoms with Crippen LogP contribution in [-0.4, -0.2) is 25.0 Å². The molecule has 20 heavy (non-hydrogen) atoms. The quantitative estimate of drug-likeness (QED) is 0.865. The van der Waals surface area contributed by atoms with Crippen molar-refractivity contribution in [2.75, 3.05) is 7.05 Å². The van der Waals surface area contributed by atoms with Crippen molar-refractivity contribution in [1.29, 1.82) is 0 Å². The first kappa shape index (κ1) is 15.0. The summed E-state index contributed by atoms with van der Waals surface area (Å²) >= 11 is 0. The maximum absolute atomic E-state index is 12.0. The molecule has 0 radical (unpaired) electrons. The van der Waals surface area contributed by atoms with Gasteiger partial charge < -0.3 is 10.6 Å². The zero-order chi connectivity index (χ0) is 14.5. The van der Waals surface area contributed by atoms with E-state index in [1.807, 2.05) is 0 Å². The number of nitrogens with one attached hydrogen (secondary N) is 2. The van der Waals surface area contributed by atoms with Crippen LogP contribution >= 0.6 is 0 Å². The number of hydrogen-bond donors (Lipinski definition) is 2. The van der Waals surface area contributed by atoms with Gasteiger partial charge in [0.05, 0.1) is 6.04 Å². The molecule has 0 heterocycles. The third kappa shape index (κ3) is 3.83. The van der Waals surface area contributed by atoms with Crippen LogP contribution in [0.1, 0.15) is 37.8 Å². The molecule has 1 aliphatic carbocycles. The van der Waals surface area contributed by atoms with Crippen LogP contribution in [0.2, 0.25) is 0 Å². The number of fused-ring (bicyclic) bond motifs is 1. The Balaban J connectivity index is 2.00. The molecule has 1 aromatic carbocycles. The molecule has 1 aliphatic rings. The molecule has 3 heteroatoms. The van der Waals surface area contributed by atoms with E-state index >= 15 is 0 Å². The van der Waals surface area contributed by atoms with Crippen LogP contribution in [0.15, 0.2) is 24.3 Å². The first-order valence-electron chi connectivity index (χ1n) is 7.64. The lowest BCUT2D eigenvalue weighted by molar-refractivity contribution is -0.123. The van der Waals surface area contributed by atoms with Crippen LogP contribution in [0, 0.1) is 5.92 Å². The minimum Gasteiger partial charge on any atom is -0.358 e. The van der Waals surface area contributed by atoms with Gasteiger partial charge >= 0.3 is 0 Å². The van der Waals surface area contributed by atoms with Gasteiger partial charge in [0.25, 0.3) is 0 Å².